The minimum atomic E-state index is -1.23. The number of aromatic nitrogens is 4. The zero-order valence-electron chi connectivity index (χ0n) is 37.0. The lowest BCUT2D eigenvalue weighted by atomic mass is 9.92. The van der Waals surface area contributed by atoms with Gasteiger partial charge in [-0.05, 0) is 76.9 Å². The molecule has 8 rings (SSSR count). The molecule has 16 heteroatoms. The zero-order chi connectivity index (χ0) is 44.7. The van der Waals surface area contributed by atoms with Crippen LogP contribution in [0, 0.1) is 23.7 Å². The molecule has 5 heterocycles. The average Bonchev–Trinajstić information content (AvgIpc) is 4.11. The normalized spacial score (nSPS) is 21.3. The number of H-pyrrole nitrogens is 2. The largest absolute Gasteiger partial charge is 0.488 e. The SMILES string of the molecule is CC[C@@H](C)C(NC(=O)O)C(=O)N1C[C@@H](COC)C[C@H]1c1nc2c(ccc3cc4c(cc32)OCc2cc(-c3cnc([C@@H]5C[C@H](C)CN5C(=O)[C@@H](NC(=O)OC)[C@H](C)CC)[nH]3)ccc2-4)[nH]1. The van der Waals surface area contributed by atoms with E-state index in [1.54, 1.807) is 12.0 Å². The van der Waals surface area contributed by atoms with Gasteiger partial charge in [-0.3, -0.25) is 9.59 Å². The van der Waals surface area contributed by atoms with E-state index < -0.39 is 24.3 Å². The van der Waals surface area contributed by atoms with Crippen LogP contribution in [0.5, 0.6) is 5.75 Å². The van der Waals surface area contributed by atoms with Gasteiger partial charge in [-0.15, -0.1) is 0 Å². The number of carbonyl (C=O) groups excluding carboxylic acids is 3. The fourth-order valence-electron chi connectivity index (χ4n) is 9.66. The first kappa shape index (κ1) is 43.5. The van der Waals surface area contributed by atoms with Crippen LogP contribution >= 0.6 is 0 Å². The van der Waals surface area contributed by atoms with Crippen molar-refractivity contribution in [2.24, 2.45) is 23.7 Å². The number of alkyl carbamates (subject to hydrolysis) is 1. The zero-order valence-corrected chi connectivity index (χ0v) is 37.0. The maximum atomic E-state index is 14.1. The Bertz CT molecular complexity index is 2530. The molecule has 334 valence electrons. The highest BCUT2D eigenvalue weighted by molar-refractivity contribution is 6.07. The summed E-state index contributed by atoms with van der Waals surface area (Å²) in [4.78, 5) is 72.5. The van der Waals surface area contributed by atoms with Crippen LogP contribution in [-0.4, -0.2) is 105 Å². The molecule has 5 N–H and O–H groups in total. The van der Waals surface area contributed by atoms with Gasteiger partial charge in [-0.1, -0.05) is 65.7 Å². The van der Waals surface area contributed by atoms with Crippen molar-refractivity contribution < 1.29 is 38.5 Å². The molecule has 0 bridgehead atoms. The quantitative estimate of drug-likeness (QED) is 0.0786. The summed E-state index contributed by atoms with van der Waals surface area (Å²) in [6.07, 6.45) is 2.69. The molecule has 0 spiro atoms. The van der Waals surface area contributed by atoms with Crippen molar-refractivity contribution >= 4 is 45.8 Å². The Hall–Kier alpha value is -6.16. The topological polar surface area (TPSA) is 204 Å². The number of ether oxygens (including phenoxy) is 3. The third kappa shape index (κ3) is 8.40. The van der Waals surface area contributed by atoms with E-state index in [0.717, 1.165) is 61.9 Å². The number of fused-ring (bicyclic) bond motifs is 6. The van der Waals surface area contributed by atoms with Gasteiger partial charge in [0.15, 0.2) is 0 Å². The Labute approximate surface area is 366 Å². The predicted molar refractivity (Wildman–Crippen MR) is 237 cm³/mol. The van der Waals surface area contributed by atoms with E-state index in [9.17, 15) is 24.3 Å². The van der Waals surface area contributed by atoms with Crippen LogP contribution in [0.25, 0.3) is 44.2 Å². The molecule has 3 aliphatic heterocycles. The smallest absolute Gasteiger partial charge is 0.407 e. The molecule has 0 aliphatic carbocycles. The molecule has 0 saturated carbocycles. The van der Waals surface area contributed by atoms with Crippen molar-refractivity contribution in [3.8, 4) is 28.1 Å². The number of imidazole rings is 2. The molecule has 2 fully saturated rings. The Kier molecular flexibility index (Phi) is 12.4. The summed E-state index contributed by atoms with van der Waals surface area (Å²) in [5, 5.41) is 16.7. The molecule has 3 aliphatic rings. The second kappa shape index (κ2) is 17.9. The number of benzene rings is 3. The fraction of sp³-hybridized carbons (Fsp3) is 0.489. The number of carboxylic acid groups (broad SMARTS) is 1. The number of hydrogen-bond acceptors (Lipinski definition) is 9. The van der Waals surface area contributed by atoms with E-state index >= 15 is 0 Å². The Balaban J connectivity index is 1.05. The van der Waals surface area contributed by atoms with E-state index in [2.05, 4.69) is 57.9 Å². The fourth-order valence-corrected chi connectivity index (χ4v) is 9.66. The van der Waals surface area contributed by atoms with Crippen molar-refractivity contribution in [1.29, 1.82) is 0 Å². The van der Waals surface area contributed by atoms with Crippen molar-refractivity contribution in [1.82, 2.24) is 40.4 Å². The Morgan fingerprint density at radius 2 is 1.60 bits per heavy atom. The van der Waals surface area contributed by atoms with Gasteiger partial charge >= 0.3 is 12.2 Å². The summed E-state index contributed by atoms with van der Waals surface area (Å²) in [5.74, 6) is 1.74. The molecule has 63 heavy (non-hydrogen) atoms. The van der Waals surface area contributed by atoms with Crippen LogP contribution in [0.4, 0.5) is 9.59 Å². The second-order valence-corrected chi connectivity index (χ2v) is 17.7. The first-order chi connectivity index (χ1) is 30.3. The van der Waals surface area contributed by atoms with Gasteiger partial charge in [0.1, 0.15) is 36.1 Å². The number of aromatic amines is 2. The first-order valence-corrected chi connectivity index (χ1v) is 22.0. The highest BCUT2D eigenvalue weighted by Crippen LogP contribution is 2.44. The van der Waals surface area contributed by atoms with E-state index in [0.29, 0.717) is 57.2 Å². The summed E-state index contributed by atoms with van der Waals surface area (Å²) < 4.78 is 16.8. The lowest BCUT2D eigenvalue weighted by Gasteiger charge is -2.30. The minimum absolute atomic E-state index is 0.0652. The van der Waals surface area contributed by atoms with Gasteiger partial charge in [0.2, 0.25) is 11.8 Å². The number of nitrogens with zero attached hydrogens (tertiary/aromatic N) is 4. The van der Waals surface area contributed by atoms with Crippen LogP contribution in [0.2, 0.25) is 0 Å². The molecule has 8 atom stereocenters. The average molecular weight is 863 g/mol. The molecule has 4 amide bonds. The third-order valence-electron chi connectivity index (χ3n) is 13.5. The molecule has 5 aromatic rings. The third-order valence-corrected chi connectivity index (χ3v) is 13.5. The van der Waals surface area contributed by atoms with Crippen molar-refractivity contribution in [2.45, 2.75) is 91.1 Å². The monoisotopic (exact) mass is 862 g/mol. The summed E-state index contributed by atoms with van der Waals surface area (Å²) >= 11 is 0. The number of hydrogen-bond donors (Lipinski definition) is 5. The van der Waals surface area contributed by atoms with Crippen LogP contribution in [0.15, 0.2) is 48.7 Å². The van der Waals surface area contributed by atoms with E-state index in [-0.39, 0.29) is 47.6 Å². The van der Waals surface area contributed by atoms with Gasteiger partial charge in [0.25, 0.3) is 0 Å². The summed E-state index contributed by atoms with van der Waals surface area (Å²) in [7, 11) is 2.94. The second-order valence-electron chi connectivity index (χ2n) is 17.7. The number of likely N-dealkylation sites (tertiary alicyclic amines) is 2. The molecule has 3 aromatic carbocycles. The maximum absolute atomic E-state index is 14.1. The van der Waals surface area contributed by atoms with Crippen molar-refractivity contribution in [2.75, 3.05) is 33.9 Å². The number of nitrogens with one attached hydrogen (secondary N) is 4. The van der Waals surface area contributed by atoms with Crippen LogP contribution in [0.3, 0.4) is 0 Å². The number of rotatable bonds is 13. The number of methoxy groups -OCH3 is 2. The summed E-state index contributed by atoms with van der Waals surface area (Å²) in [5.41, 5.74) is 6.43. The highest BCUT2D eigenvalue weighted by Gasteiger charge is 2.43. The molecule has 2 aromatic heterocycles. The standard InChI is InChI=1S/C47H58N8O8/c1-8-25(4)39(52-46(58)59)44(56)55-21-27(22-61-6)15-37(55)43-49-34-13-11-28-17-33-31-12-10-29(16-30(31)23-63-38(33)18-32(28)41(34)51-43)35-19-48-42(50-35)36-14-24(3)20-54(36)45(57)40(26(5)9-2)53-47(60)62-7/h10-13,16-19,24-27,36-37,39-40,52H,8-9,14-15,20-23H2,1-7H3,(H,48,50)(H,49,51)(H,53,60)(H,58,59)/t24-,25+,26+,27-,36-,37-,39?,40-/m0/s1. The molecular formula is C47H58N8O8. The lowest BCUT2D eigenvalue weighted by molar-refractivity contribution is -0.136. The Morgan fingerprint density at radius 3 is 2.30 bits per heavy atom. The number of carbonyl (C=O) groups is 4. The van der Waals surface area contributed by atoms with Crippen molar-refractivity contribution in [3.63, 3.8) is 0 Å². The predicted octanol–water partition coefficient (Wildman–Crippen LogP) is 7.56. The maximum Gasteiger partial charge on any atom is 0.407 e. The van der Waals surface area contributed by atoms with Gasteiger partial charge in [0.05, 0.1) is 48.7 Å². The van der Waals surface area contributed by atoms with Gasteiger partial charge in [-0.25, -0.2) is 19.6 Å². The first-order valence-electron chi connectivity index (χ1n) is 22.0. The van der Waals surface area contributed by atoms with Gasteiger partial charge in [0, 0.05) is 37.1 Å². The molecular weight excluding hydrogens is 805 g/mol. The summed E-state index contributed by atoms with van der Waals surface area (Å²) in [6, 6.07) is 12.3. The molecule has 16 nitrogen and oxygen atoms in total. The number of amides is 4. The van der Waals surface area contributed by atoms with E-state index in [1.165, 1.54) is 7.11 Å². The molecule has 1 unspecified atom stereocenters. The Morgan fingerprint density at radius 1 is 0.889 bits per heavy atom. The van der Waals surface area contributed by atoms with Gasteiger partial charge in [-0.2, -0.15) is 0 Å². The lowest BCUT2D eigenvalue weighted by Crippen LogP contribution is -2.51. The minimum Gasteiger partial charge on any atom is -0.488 e. The van der Waals surface area contributed by atoms with Crippen LogP contribution in [-0.2, 0) is 25.7 Å². The van der Waals surface area contributed by atoms with E-state index in [4.69, 9.17) is 24.2 Å². The summed E-state index contributed by atoms with van der Waals surface area (Å²) in [6.45, 7) is 11.7. The van der Waals surface area contributed by atoms with Crippen molar-refractivity contribution in [3.05, 3.63) is 65.9 Å². The highest BCUT2D eigenvalue weighted by atomic mass is 16.5. The molecule has 0 radical (unpaired) electrons. The van der Waals surface area contributed by atoms with Crippen LogP contribution < -0.4 is 15.4 Å². The van der Waals surface area contributed by atoms with Gasteiger partial charge < -0.3 is 49.7 Å². The van der Waals surface area contributed by atoms with Crippen LogP contribution in [0.1, 0.15) is 89.6 Å². The van der Waals surface area contributed by atoms with E-state index in [1.807, 2.05) is 50.9 Å². The molecule has 2 saturated heterocycles.